The molecule has 30 heavy (non-hydrogen) atoms. The van der Waals surface area contributed by atoms with Crippen LogP contribution in [0.3, 0.4) is 0 Å². The van der Waals surface area contributed by atoms with Crippen molar-refractivity contribution in [3.05, 3.63) is 96.1 Å². The molecule has 0 bridgehead atoms. The Bertz CT molecular complexity index is 1100. The second-order valence-electron chi connectivity index (χ2n) is 6.64. The van der Waals surface area contributed by atoms with Crippen molar-refractivity contribution in [2.75, 3.05) is 10.8 Å². The summed E-state index contributed by atoms with van der Waals surface area (Å²) in [4.78, 5) is 12.5. The van der Waals surface area contributed by atoms with Crippen molar-refractivity contribution in [2.24, 2.45) is 0 Å². The van der Waals surface area contributed by atoms with Crippen molar-refractivity contribution in [2.45, 2.75) is 17.9 Å². The normalized spacial score (nSPS) is 12.2. The van der Waals surface area contributed by atoms with Crippen molar-refractivity contribution in [3.8, 4) is 0 Å². The Morgan fingerprint density at radius 1 is 0.900 bits per heavy atom. The lowest BCUT2D eigenvalue weighted by Gasteiger charge is -2.25. The molecule has 0 unspecified atom stereocenters. The minimum atomic E-state index is -4.12. The van der Waals surface area contributed by atoms with Gasteiger partial charge in [-0.05, 0) is 61.0 Å². The van der Waals surface area contributed by atoms with Crippen molar-refractivity contribution < 1.29 is 22.0 Å². The summed E-state index contributed by atoms with van der Waals surface area (Å²) in [6.45, 7) is 1.24. The molecule has 0 aliphatic carbocycles. The smallest absolute Gasteiger partial charge is 0.264 e. The van der Waals surface area contributed by atoms with E-state index in [1.807, 2.05) is 0 Å². The molecule has 0 spiro atoms. The standard InChI is InChI=1S/C22H20F2N2O3S/c1-16(17-7-9-18(23)10-8-17)25-22(27)15-26(20-5-3-2-4-6-20)30(28,29)21-13-11-19(24)12-14-21/h2-14,16H,15H2,1H3,(H,25,27)/t16-/m0/s1. The minimum absolute atomic E-state index is 0.132. The number of nitrogens with one attached hydrogen (secondary N) is 1. The molecular formula is C22H20F2N2O3S. The van der Waals surface area contributed by atoms with E-state index in [0.29, 0.717) is 11.3 Å². The van der Waals surface area contributed by atoms with Crippen LogP contribution >= 0.6 is 0 Å². The molecule has 0 radical (unpaired) electrons. The lowest BCUT2D eigenvalue weighted by Crippen LogP contribution is -2.41. The molecule has 0 aliphatic rings. The van der Waals surface area contributed by atoms with Crippen LogP contribution in [0.2, 0.25) is 0 Å². The monoisotopic (exact) mass is 430 g/mol. The molecule has 1 N–H and O–H groups in total. The van der Waals surface area contributed by atoms with Gasteiger partial charge in [0, 0.05) is 0 Å². The van der Waals surface area contributed by atoms with Crippen LogP contribution in [0.5, 0.6) is 0 Å². The number of sulfonamides is 1. The zero-order valence-electron chi connectivity index (χ0n) is 16.1. The Kier molecular flexibility index (Phi) is 6.47. The van der Waals surface area contributed by atoms with Crippen LogP contribution < -0.4 is 9.62 Å². The zero-order valence-corrected chi connectivity index (χ0v) is 16.9. The van der Waals surface area contributed by atoms with Gasteiger partial charge in [-0.2, -0.15) is 0 Å². The van der Waals surface area contributed by atoms with Crippen molar-refractivity contribution in [1.29, 1.82) is 0 Å². The number of hydrogen-bond acceptors (Lipinski definition) is 3. The molecule has 156 valence electrons. The quantitative estimate of drug-likeness (QED) is 0.615. The van der Waals surface area contributed by atoms with Gasteiger partial charge in [-0.15, -0.1) is 0 Å². The molecule has 1 amide bonds. The third-order valence-corrected chi connectivity index (χ3v) is 6.27. The second-order valence-corrected chi connectivity index (χ2v) is 8.50. The zero-order chi connectivity index (χ0) is 21.7. The maximum absolute atomic E-state index is 13.2. The molecule has 3 aromatic carbocycles. The van der Waals surface area contributed by atoms with Gasteiger partial charge in [0.2, 0.25) is 5.91 Å². The van der Waals surface area contributed by atoms with Crippen LogP contribution in [0, 0.1) is 11.6 Å². The van der Waals surface area contributed by atoms with Crippen LogP contribution in [0.1, 0.15) is 18.5 Å². The Morgan fingerprint density at radius 3 is 2.00 bits per heavy atom. The van der Waals surface area contributed by atoms with E-state index in [9.17, 15) is 22.0 Å². The number of nitrogens with zero attached hydrogens (tertiary/aromatic N) is 1. The maximum Gasteiger partial charge on any atom is 0.264 e. The van der Waals surface area contributed by atoms with Crippen molar-refractivity contribution >= 4 is 21.6 Å². The summed E-state index contributed by atoms with van der Waals surface area (Å²) in [7, 11) is -4.12. The third-order valence-electron chi connectivity index (χ3n) is 4.48. The van der Waals surface area contributed by atoms with Crippen molar-refractivity contribution in [3.63, 3.8) is 0 Å². The first-order chi connectivity index (χ1) is 14.3. The summed E-state index contributed by atoms with van der Waals surface area (Å²) >= 11 is 0. The summed E-state index contributed by atoms with van der Waals surface area (Å²) in [5.74, 6) is -1.50. The highest BCUT2D eigenvalue weighted by atomic mass is 32.2. The minimum Gasteiger partial charge on any atom is -0.348 e. The summed E-state index contributed by atoms with van der Waals surface area (Å²) in [5, 5.41) is 2.72. The van der Waals surface area contributed by atoms with Gasteiger partial charge in [-0.25, -0.2) is 17.2 Å². The number of para-hydroxylation sites is 1. The number of amides is 1. The third kappa shape index (κ3) is 5.01. The Labute approximate surface area is 174 Å². The van der Waals surface area contributed by atoms with Gasteiger partial charge in [0.05, 0.1) is 16.6 Å². The van der Waals surface area contributed by atoms with Gasteiger partial charge in [0.1, 0.15) is 18.2 Å². The predicted octanol–water partition coefficient (Wildman–Crippen LogP) is 4.04. The molecule has 0 saturated carbocycles. The molecule has 0 aromatic heterocycles. The largest absolute Gasteiger partial charge is 0.348 e. The van der Waals surface area contributed by atoms with Gasteiger partial charge < -0.3 is 5.32 Å². The van der Waals surface area contributed by atoms with Crippen LogP contribution in [0.25, 0.3) is 0 Å². The van der Waals surface area contributed by atoms with E-state index in [1.165, 1.54) is 12.1 Å². The van der Waals surface area contributed by atoms with E-state index >= 15 is 0 Å². The Hall–Kier alpha value is -3.26. The lowest BCUT2D eigenvalue weighted by atomic mass is 10.1. The van der Waals surface area contributed by atoms with E-state index < -0.39 is 40.2 Å². The average molecular weight is 430 g/mol. The maximum atomic E-state index is 13.2. The van der Waals surface area contributed by atoms with Crippen molar-refractivity contribution in [1.82, 2.24) is 5.32 Å². The summed E-state index contributed by atoms with van der Waals surface area (Å²) in [5.41, 5.74) is 0.976. The highest BCUT2D eigenvalue weighted by Gasteiger charge is 2.27. The number of rotatable bonds is 7. The molecular weight excluding hydrogens is 410 g/mol. The SMILES string of the molecule is C[C@H](NC(=O)CN(c1ccccc1)S(=O)(=O)c1ccc(F)cc1)c1ccc(F)cc1. The second kappa shape index (κ2) is 9.04. The fraction of sp³-hybridized carbons (Fsp3) is 0.136. The molecule has 1 atom stereocenters. The van der Waals surface area contributed by atoms with Gasteiger partial charge in [-0.1, -0.05) is 30.3 Å². The predicted molar refractivity (Wildman–Crippen MR) is 110 cm³/mol. The van der Waals surface area contributed by atoms with E-state index in [-0.39, 0.29) is 4.90 Å². The number of benzene rings is 3. The first kappa shape index (κ1) is 21.4. The van der Waals surface area contributed by atoms with Gasteiger partial charge in [0.25, 0.3) is 10.0 Å². The van der Waals surface area contributed by atoms with E-state index in [1.54, 1.807) is 49.4 Å². The molecule has 3 aromatic rings. The van der Waals surface area contributed by atoms with E-state index in [2.05, 4.69) is 5.32 Å². The van der Waals surface area contributed by atoms with Crippen LogP contribution in [0.4, 0.5) is 14.5 Å². The number of carbonyl (C=O) groups is 1. The molecule has 0 fully saturated rings. The van der Waals surface area contributed by atoms with Crippen LogP contribution in [-0.4, -0.2) is 20.9 Å². The molecule has 8 heteroatoms. The fourth-order valence-corrected chi connectivity index (χ4v) is 4.32. The first-order valence-electron chi connectivity index (χ1n) is 9.15. The molecule has 0 saturated heterocycles. The summed E-state index contributed by atoms with van der Waals surface area (Å²) in [6, 6.07) is 17.8. The van der Waals surface area contributed by atoms with Gasteiger partial charge >= 0.3 is 0 Å². The highest BCUT2D eigenvalue weighted by molar-refractivity contribution is 7.92. The van der Waals surface area contributed by atoms with Crippen LogP contribution in [0.15, 0.2) is 83.8 Å². The lowest BCUT2D eigenvalue weighted by molar-refractivity contribution is -0.120. The molecule has 0 aliphatic heterocycles. The Balaban J connectivity index is 1.85. The number of halogens is 2. The topological polar surface area (TPSA) is 66.5 Å². The van der Waals surface area contributed by atoms with E-state index in [0.717, 1.165) is 28.6 Å². The number of anilines is 1. The van der Waals surface area contributed by atoms with Crippen LogP contribution in [-0.2, 0) is 14.8 Å². The number of hydrogen-bond donors (Lipinski definition) is 1. The first-order valence-corrected chi connectivity index (χ1v) is 10.6. The summed E-state index contributed by atoms with van der Waals surface area (Å²) in [6.07, 6.45) is 0. The highest BCUT2D eigenvalue weighted by Crippen LogP contribution is 2.24. The average Bonchev–Trinajstić information content (AvgIpc) is 2.73. The molecule has 3 rings (SSSR count). The van der Waals surface area contributed by atoms with Gasteiger partial charge in [-0.3, -0.25) is 9.10 Å². The van der Waals surface area contributed by atoms with E-state index in [4.69, 9.17) is 0 Å². The molecule has 0 heterocycles. The van der Waals surface area contributed by atoms with Gasteiger partial charge in [0.15, 0.2) is 0 Å². The molecule has 5 nitrogen and oxygen atoms in total. The Morgan fingerprint density at radius 2 is 1.43 bits per heavy atom. The summed E-state index contributed by atoms with van der Waals surface area (Å²) < 4.78 is 53.6. The number of carbonyl (C=O) groups excluding carboxylic acids is 1. The fourth-order valence-electron chi connectivity index (χ4n) is 2.90.